The molecule has 0 saturated carbocycles. The third-order valence-electron chi connectivity index (χ3n) is 4.55. The molecule has 0 aliphatic carbocycles. The molecular weight excluding hydrogens is 442 g/mol. The van der Waals surface area contributed by atoms with Crippen LogP contribution in [0.3, 0.4) is 0 Å². The summed E-state index contributed by atoms with van der Waals surface area (Å²) in [5.41, 5.74) is 2.03. The molecule has 4 rings (SSSR count). The zero-order chi connectivity index (χ0) is 19.7. The van der Waals surface area contributed by atoms with Crippen molar-refractivity contribution in [3.8, 4) is 0 Å². The first-order chi connectivity index (χ1) is 13.5. The summed E-state index contributed by atoms with van der Waals surface area (Å²) >= 11 is 9.33. The zero-order valence-electron chi connectivity index (χ0n) is 14.7. The average molecular weight is 458 g/mol. The lowest BCUT2D eigenvalue weighted by Gasteiger charge is -2.32. The third-order valence-corrected chi connectivity index (χ3v) is 5.33. The van der Waals surface area contributed by atoms with Crippen LogP contribution in [0.2, 0.25) is 5.02 Å². The van der Waals surface area contributed by atoms with Crippen molar-refractivity contribution in [2.45, 2.75) is 12.6 Å². The predicted octanol–water partition coefficient (Wildman–Crippen LogP) is 4.12. The Hall–Kier alpha value is -2.70. The van der Waals surface area contributed by atoms with Gasteiger partial charge >= 0.3 is 0 Å². The molecule has 5 nitrogen and oxygen atoms in total. The molecule has 0 bridgehead atoms. The molecule has 140 valence electrons. The van der Waals surface area contributed by atoms with Crippen molar-refractivity contribution in [3.63, 3.8) is 0 Å². The molecular formula is C21H16BrClN3O2+. The minimum Gasteiger partial charge on any atom is -0.324 e. The third kappa shape index (κ3) is 3.66. The van der Waals surface area contributed by atoms with Crippen molar-refractivity contribution in [1.29, 1.82) is 0 Å². The number of anilines is 2. The fraction of sp³-hybridized carbons (Fsp3) is 0.0952. The molecule has 2 amide bonds. The van der Waals surface area contributed by atoms with E-state index in [-0.39, 0.29) is 18.4 Å². The lowest BCUT2D eigenvalue weighted by Crippen LogP contribution is -2.58. The van der Waals surface area contributed by atoms with Gasteiger partial charge in [0, 0.05) is 33.0 Å². The number of carbonyl (C=O) groups is 2. The lowest BCUT2D eigenvalue weighted by atomic mass is 10.0. The summed E-state index contributed by atoms with van der Waals surface area (Å²) in [5, 5.41) is 3.48. The number of nitrogens with zero attached hydrogens (tertiary/aromatic N) is 2. The van der Waals surface area contributed by atoms with Gasteiger partial charge in [0.25, 0.3) is 11.8 Å². The van der Waals surface area contributed by atoms with Gasteiger partial charge < -0.3 is 5.32 Å². The molecule has 0 unspecified atom stereocenters. The molecule has 7 heteroatoms. The summed E-state index contributed by atoms with van der Waals surface area (Å²) in [4.78, 5) is 27.7. The summed E-state index contributed by atoms with van der Waals surface area (Å²) in [6, 6.07) is 19.0. The highest BCUT2D eigenvalue weighted by Gasteiger charge is 2.43. The van der Waals surface area contributed by atoms with Gasteiger partial charge in [0.2, 0.25) is 18.3 Å². The van der Waals surface area contributed by atoms with Crippen molar-refractivity contribution in [2.75, 3.05) is 10.2 Å². The SMILES string of the molecule is O=C(Nc1ccc(Cl)cc1)[C@@H]1c2cccc[n+]2CC(=O)N1c1ccc(Br)cc1. The second-order valence-corrected chi connectivity index (χ2v) is 7.74. The van der Waals surface area contributed by atoms with Gasteiger partial charge in [0.15, 0.2) is 6.20 Å². The fourth-order valence-electron chi connectivity index (χ4n) is 3.27. The van der Waals surface area contributed by atoms with E-state index in [4.69, 9.17) is 11.6 Å². The van der Waals surface area contributed by atoms with Gasteiger partial charge in [-0.25, -0.2) is 0 Å². The number of halogens is 2. The Labute approximate surface area is 175 Å². The van der Waals surface area contributed by atoms with Crippen LogP contribution >= 0.6 is 27.5 Å². The Morgan fingerprint density at radius 2 is 1.79 bits per heavy atom. The molecule has 3 aromatic rings. The minimum absolute atomic E-state index is 0.151. The number of carbonyl (C=O) groups excluding carboxylic acids is 2. The van der Waals surface area contributed by atoms with E-state index in [1.807, 2.05) is 53.2 Å². The van der Waals surface area contributed by atoms with E-state index in [9.17, 15) is 9.59 Å². The van der Waals surface area contributed by atoms with Crippen LogP contribution in [0.4, 0.5) is 11.4 Å². The molecule has 2 aromatic carbocycles. The number of rotatable bonds is 3. The first-order valence-corrected chi connectivity index (χ1v) is 9.82. The maximum absolute atomic E-state index is 13.3. The average Bonchev–Trinajstić information content (AvgIpc) is 2.69. The molecule has 0 saturated heterocycles. The van der Waals surface area contributed by atoms with E-state index in [0.29, 0.717) is 16.4 Å². The van der Waals surface area contributed by atoms with Crippen LogP contribution in [-0.4, -0.2) is 11.8 Å². The van der Waals surface area contributed by atoms with E-state index >= 15 is 0 Å². The monoisotopic (exact) mass is 456 g/mol. The number of fused-ring (bicyclic) bond motifs is 1. The molecule has 0 spiro atoms. The number of hydrogen-bond acceptors (Lipinski definition) is 2. The maximum atomic E-state index is 13.3. The van der Waals surface area contributed by atoms with E-state index in [0.717, 1.165) is 10.2 Å². The molecule has 1 aliphatic rings. The predicted molar refractivity (Wildman–Crippen MR) is 111 cm³/mol. The van der Waals surface area contributed by atoms with Crippen molar-refractivity contribution in [2.24, 2.45) is 0 Å². The molecule has 1 aromatic heterocycles. The summed E-state index contributed by atoms with van der Waals surface area (Å²) in [7, 11) is 0. The van der Waals surface area contributed by atoms with Crippen LogP contribution in [0.1, 0.15) is 11.7 Å². The lowest BCUT2D eigenvalue weighted by molar-refractivity contribution is -0.695. The molecule has 2 heterocycles. The van der Waals surface area contributed by atoms with E-state index in [1.165, 1.54) is 0 Å². The molecule has 1 aliphatic heterocycles. The van der Waals surface area contributed by atoms with Crippen LogP contribution in [0.15, 0.2) is 77.4 Å². The minimum atomic E-state index is -0.792. The van der Waals surface area contributed by atoms with Crippen molar-refractivity contribution < 1.29 is 14.2 Å². The topological polar surface area (TPSA) is 53.3 Å². The highest BCUT2D eigenvalue weighted by atomic mass is 79.9. The first-order valence-electron chi connectivity index (χ1n) is 8.65. The summed E-state index contributed by atoms with van der Waals surface area (Å²) in [6.07, 6.45) is 1.81. The van der Waals surface area contributed by atoms with Gasteiger partial charge in [-0.15, -0.1) is 0 Å². The van der Waals surface area contributed by atoms with E-state index in [1.54, 1.807) is 29.2 Å². The Morgan fingerprint density at radius 1 is 1.07 bits per heavy atom. The van der Waals surface area contributed by atoms with Gasteiger partial charge in [-0.1, -0.05) is 33.6 Å². The number of amides is 2. The summed E-state index contributed by atoms with van der Waals surface area (Å²) in [5.74, 6) is -0.444. The van der Waals surface area contributed by atoms with Gasteiger partial charge in [0.1, 0.15) is 0 Å². The fourth-order valence-corrected chi connectivity index (χ4v) is 3.66. The van der Waals surface area contributed by atoms with Crippen LogP contribution < -0.4 is 14.8 Å². The van der Waals surface area contributed by atoms with Gasteiger partial charge in [-0.05, 0) is 48.5 Å². The summed E-state index contributed by atoms with van der Waals surface area (Å²) in [6.45, 7) is 0.178. The number of benzene rings is 2. The van der Waals surface area contributed by atoms with Gasteiger partial charge in [0.05, 0.1) is 0 Å². The molecule has 0 radical (unpaired) electrons. The number of pyridine rings is 1. The van der Waals surface area contributed by atoms with Crippen LogP contribution in [0, 0.1) is 0 Å². The van der Waals surface area contributed by atoms with Gasteiger partial charge in [-0.2, -0.15) is 4.57 Å². The zero-order valence-corrected chi connectivity index (χ0v) is 17.0. The maximum Gasteiger partial charge on any atom is 0.294 e. The number of nitrogens with one attached hydrogen (secondary N) is 1. The Kier molecular flexibility index (Phi) is 5.15. The van der Waals surface area contributed by atoms with Crippen molar-refractivity contribution in [1.82, 2.24) is 0 Å². The largest absolute Gasteiger partial charge is 0.324 e. The Morgan fingerprint density at radius 3 is 2.50 bits per heavy atom. The van der Waals surface area contributed by atoms with E-state index in [2.05, 4.69) is 21.2 Å². The molecule has 28 heavy (non-hydrogen) atoms. The van der Waals surface area contributed by atoms with Gasteiger partial charge in [-0.3, -0.25) is 14.5 Å². The second-order valence-electron chi connectivity index (χ2n) is 6.39. The normalized spacial score (nSPS) is 15.9. The van der Waals surface area contributed by atoms with Crippen LogP contribution in [-0.2, 0) is 16.1 Å². The first kappa shape index (κ1) is 18.7. The highest BCUT2D eigenvalue weighted by molar-refractivity contribution is 9.10. The number of hydrogen-bond donors (Lipinski definition) is 1. The second kappa shape index (κ2) is 7.73. The smallest absolute Gasteiger partial charge is 0.294 e. The summed E-state index contributed by atoms with van der Waals surface area (Å²) < 4.78 is 2.71. The molecule has 1 N–H and O–H groups in total. The highest BCUT2D eigenvalue weighted by Crippen LogP contribution is 2.31. The van der Waals surface area contributed by atoms with E-state index < -0.39 is 6.04 Å². The van der Waals surface area contributed by atoms with Crippen molar-refractivity contribution in [3.05, 3.63) is 88.1 Å². The Balaban J connectivity index is 1.75. The van der Waals surface area contributed by atoms with Crippen molar-refractivity contribution >= 4 is 50.7 Å². The standard InChI is InChI=1S/C21H15BrClN3O2/c22-14-4-10-17(11-5-14)26-19(27)13-25-12-2-1-3-18(25)20(26)21(28)24-16-8-6-15(23)7-9-16/h1-12,20H,13H2/p+1/t20-/m0/s1. The molecule has 0 fully saturated rings. The Bertz CT molecular complexity index is 1040. The number of aromatic nitrogens is 1. The quantitative estimate of drug-likeness (QED) is 0.602. The van der Waals surface area contributed by atoms with Crippen LogP contribution in [0.25, 0.3) is 0 Å². The molecule has 1 atom stereocenters. The van der Waals surface area contributed by atoms with Crippen LogP contribution in [0.5, 0.6) is 0 Å².